The fraction of sp³-hybridized carbons (Fsp3) is 0.308. The third-order valence-corrected chi connectivity index (χ3v) is 7.38. The first-order valence-corrected chi connectivity index (χ1v) is 12.7. The van der Waals surface area contributed by atoms with Crippen molar-refractivity contribution in [2.45, 2.75) is 39.3 Å². The highest BCUT2D eigenvalue weighted by atomic mass is 32.1. The molecule has 0 saturated heterocycles. The number of nitrogens with one attached hydrogen (secondary N) is 1. The smallest absolute Gasteiger partial charge is 0.322 e. The number of carbonyl (C=O) groups is 2. The van der Waals surface area contributed by atoms with Gasteiger partial charge in [0.05, 0.1) is 23.0 Å². The van der Waals surface area contributed by atoms with Crippen molar-refractivity contribution in [3.63, 3.8) is 0 Å². The van der Waals surface area contributed by atoms with Crippen molar-refractivity contribution in [2.75, 3.05) is 11.9 Å². The Morgan fingerprint density at radius 3 is 2.81 bits per heavy atom. The molecule has 1 fully saturated rings. The van der Waals surface area contributed by atoms with Crippen molar-refractivity contribution in [3.05, 3.63) is 54.7 Å². The van der Waals surface area contributed by atoms with Crippen LogP contribution in [-0.4, -0.2) is 39.3 Å². The number of halogens is 1. The molecule has 1 atom stereocenters. The molecule has 1 saturated carbocycles. The Morgan fingerprint density at radius 1 is 1.27 bits per heavy atom. The van der Waals surface area contributed by atoms with Crippen LogP contribution in [0.15, 0.2) is 48.9 Å². The summed E-state index contributed by atoms with van der Waals surface area (Å²) >= 11 is 1.45. The Morgan fingerprint density at radius 2 is 2.08 bits per heavy atom. The summed E-state index contributed by atoms with van der Waals surface area (Å²) in [6, 6.07) is 7.32. The molecular weight excluding hydrogens is 497 g/mol. The van der Waals surface area contributed by atoms with Crippen molar-refractivity contribution in [2.24, 2.45) is 11.1 Å². The molecule has 9 nitrogen and oxygen atoms in total. The number of hydrogen-bond acceptors (Lipinski definition) is 8. The van der Waals surface area contributed by atoms with Crippen LogP contribution in [0, 0.1) is 11.2 Å². The summed E-state index contributed by atoms with van der Waals surface area (Å²) in [5.74, 6) is -0.618. The summed E-state index contributed by atoms with van der Waals surface area (Å²) in [5.41, 5.74) is 7.11. The van der Waals surface area contributed by atoms with Gasteiger partial charge in [-0.15, -0.1) is 11.3 Å². The maximum absolute atomic E-state index is 14.8. The van der Waals surface area contributed by atoms with Gasteiger partial charge in [-0.05, 0) is 38.0 Å². The molecule has 1 unspecified atom stereocenters. The van der Waals surface area contributed by atoms with Gasteiger partial charge in [-0.3, -0.25) is 19.3 Å². The van der Waals surface area contributed by atoms with Gasteiger partial charge in [0.1, 0.15) is 18.4 Å². The van der Waals surface area contributed by atoms with E-state index < -0.39 is 17.8 Å². The molecule has 4 aromatic rings. The molecule has 0 radical (unpaired) electrons. The Labute approximate surface area is 216 Å². The highest BCUT2D eigenvalue weighted by Crippen LogP contribution is 2.46. The van der Waals surface area contributed by atoms with Gasteiger partial charge in [0.15, 0.2) is 11.6 Å². The van der Waals surface area contributed by atoms with Crippen LogP contribution in [0.2, 0.25) is 0 Å². The number of anilines is 1. The van der Waals surface area contributed by atoms with E-state index in [1.54, 1.807) is 36.1 Å². The molecule has 0 spiro atoms. The second-order valence-electron chi connectivity index (χ2n) is 9.34. The number of thiophene rings is 1. The van der Waals surface area contributed by atoms with Crippen molar-refractivity contribution in [1.29, 1.82) is 0 Å². The minimum Gasteiger partial charge on any atom is -0.463 e. The highest BCUT2D eigenvalue weighted by Gasteiger charge is 2.44. The topological polar surface area (TPSA) is 121 Å². The number of carbonyl (C=O) groups excluding carboxylic acids is 2. The number of hydrogen-bond donors (Lipinski definition) is 2. The number of ether oxygens (including phenoxy) is 2. The van der Waals surface area contributed by atoms with E-state index in [2.05, 4.69) is 15.4 Å². The van der Waals surface area contributed by atoms with E-state index >= 15 is 0 Å². The number of nitrogens with two attached hydrogens (primary N) is 1. The minimum absolute atomic E-state index is 0.0484. The van der Waals surface area contributed by atoms with Crippen LogP contribution < -0.4 is 15.8 Å². The molecule has 192 valence electrons. The Hall–Kier alpha value is -3.83. The van der Waals surface area contributed by atoms with E-state index in [-0.39, 0.29) is 23.7 Å². The van der Waals surface area contributed by atoms with E-state index in [4.69, 9.17) is 15.2 Å². The molecule has 3 N–H and O–H groups in total. The fourth-order valence-electron chi connectivity index (χ4n) is 3.60. The van der Waals surface area contributed by atoms with E-state index in [0.29, 0.717) is 23.5 Å². The highest BCUT2D eigenvalue weighted by molar-refractivity contribution is 7.22. The lowest BCUT2D eigenvalue weighted by Crippen LogP contribution is -2.29. The Kier molecular flexibility index (Phi) is 6.65. The van der Waals surface area contributed by atoms with Crippen LogP contribution in [0.4, 0.5) is 10.1 Å². The zero-order valence-electron chi connectivity index (χ0n) is 20.4. The third-order valence-electron chi connectivity index (χ3n) is 6.19. The molecule has 11 heteroatoms. The van der Waals surface area contributed by atoms with Gasteiger partial charge < -0.3 is 20.5 Å². The number of pyridine rings is 1. The Balaban J connectivity index is 1.29. The quantitative estimate of drug-likeness (QED) is 0.305. The number of benzene rings is 1. The van der Waals surface area contributed by atoms with Crippen LogP contribution >= 0.6 is 11.3 Å². The second-order valence-corrected chi connectivity index (χ2v) is 10.4. The van der Waals surface area contributed by atoms with E-state index in [1.165, 1.54) is 23.5 Å². The number of rotatable bonds is 9. The summed E-state index contributed by atoms with van der Waals surface area (Å²) in [4.78, 5) is 29.1. The fourth-order valence-corrected chi connectivity index (χ4v) is 4.64. The van der Waals surface area contributed by atoms with Crippen molar-refractivity contribution in [1.82, 2.24) is 14.8 Å². The van der Waals surface area contributed by atoms with Crippen molar-refractivity contribution >= 4 is 39.1 Å². The predicted octanol–water partition coefficient (Wildman–Crippen LogP) is 4.72. The lowest BCUT2D eigenvalue weighted by molar-refractivity contribution is -0.145. The van der Waals surface area contributed by atoms with Gasteiger partial charge in [0, 0.05) is 46.1 Å². The molecule has 3 aromatic heterocycles. The van der Waals surface area contributed by atoms with E-state index in [0.717, 1.165) is 28.0 Å². The lowest BCUT2D eigenvalue weighted by Gasteiger charge is -2.12. The molecule has 0 bridgehead atoms. The van der Waals surface area contributed by atoms with Crippen LogP contribution in [0.3, 0.4) is 0 Å². The number of aromatic nitrogens is 3. The van der Waals surface area contributed by atoms with Gasteiger partial charge >= 0.3 is 5.97 Å². The number of esters is 1. The molecule has 1 aliphatic rings. The first kappa shape index (κ1) is 24.8. The SMILES string of the molecule is CC(N)C(=O)OCCn1cc(-c2cc3nccc(Oc4ccc(NC(=O)C5(C)CC5)cc4F)c3s2)cn1. The maximum Gasteiger partial charge on any atom is 0.322 e. The molecule has 1 aliphatic carbocycles. The third kappa shape index (κ3) is 5.47. The monoisotopic (exact) mass is 523 g/mol. The molecule has 1 aromatic carbocycles. The van der Waals surface area contributed by atoms with Crippen LogP contribution in [0.5, 0.6) is 11.5 Å². The van der Waals surface area contributed by atoms with Gasteiger partial charge in [0.25, 0.3) is 0 Å². The standard InChI is InChI=1S/C26H26FN5O4S/c1-15(28)24(33)35-10-9-32-14-16(13-30-32)22-12-19-23(37-22)21(5-8-29-19)36-20-4-3-17(11-18(20)27)31-25(34)26(2)6-7-26/h3-5,8,11-15H,6-7,9-10,28H2,1-2H3,(H,31,34). The average molecular weight is 524 g/mol. The normalized spacial score (nSPS) is 14.8. The summed E-state index contributed by atoms with van der Waals surface area (Å²) in [6.45, 7) is 4.03. The number of fused-ring (bicyclic) bond motifs is 1. The van der Waals surface area contributed by atoms with E-state index in [9.17, 15) is 14.0 Å². The lowest BCUT2D eigenvalue weighted by atomic mass is 10.1. The first-order valence-electron chi connectivity index (χ1n) is 11.8. The van der Waals surface area contributed by atoms with E-state index in [1.807, 2.05) is 19.2 Å². The average Bonchev–Trinajstić information content (AvgIpc) is 3.26. The predicted molar refractivity (Wildman–Crippen MR) is 138 cm³/mol. The minimum atomic E-state index is -0.668. The van der Waals surface area contributed by atoms with Crippen LogP contribution in [0.1, 0.15) is 26.7 Å². The van der Waals surface area contributed by atoms with Gasteiger partial charge in [0.2, 0.25) is 5.91 Å². The zero-order chi connectivity index (χ0) is 26.2. The second kappa shape index (κ2) is 9.91. The number of nitrogens with zero attached hydrogens (tertiary/aromatic N) is 3. The van der Waals surface area contributed by atoms with Gasteiger partial charge in [-0.2, -0.15) is 5.10 Å². The molecule has 1 amide bonds. The summed E-state index contributed by atoms with van der Waals surface area (Å²) < 4.78 is 28.3. The van der Waals surface area contributed by atoms with Gasteiger partial charge in [-0.25, -0.2) is 4.39 Å². The summed E-state index contributed by atoms with van der Waals surface area (Å²) in [7, 11) is 0. The van der Waals surface area contributed by atoms with Crippen molar-refractivity contribution in [3.8, 4) is 21.9 Å². The zero-order valence-corrected chi connectivity index (χ0v) is 21.2. The molecule has 3 heterocycles. The molecule has 0 aliphatic heterocycles. The largest absolute Gasteiger partial charge is 0.463 e. The molecule has 37 heavy (non-hydrogen) atoms. The summed E-state index contributed by atoms with van der Waals surface area (Å²) in [5, 5.41) is 7.10. The van der Waals surface area contributed by atoms with Crippen molar-refractivity contribution < 1.29 is 23.5 Å². The molecule has 5 rings (SSSR count). The number of amides is 1. The van der Waals surface area contributed by atoms with Crippen LogP contribution in [-0.2, 0) is 20.9 Å². The molecular formula is C26H26FN5O4S. The Bertz CT molecular complexity index is 1480. The van der Waals surface area contributed by atoms with Crippen LogP contribution in [0.25, 0.3) is 20.7 Å². The van der Waals surface area contributed by atoms with Gasteiger partial charge in [-0.1, -0.05) is 6.92 Å². The first-order chi connectivity index (χ1) is 17.7. The maximum atomic E-state index is 14.8. The summed E-state index contributed by atoms with van der Waals surface area (Å²) in [6.07, 6.45) is 6.85.